The van der Waals surface area contributed by atoms with Crippen LogP contribution in [0.4, 0.5) is 0 Å². The highest BCUT2D eigenvalue weighted by atomic mass is 127. The van der Waals surface area contributed by atoms with Gasteiger partial charge in [0.15, 0.2) is 5.96 Å². The first-order valence-corrected chi connectivity index (χ1v) is 10.5. The van der Waals surface area contributed by atoms with E-state index < -0.39 is 0 Å². The second-order valence-electron chi connectivity index (χ2n) is 7.87. The number of halogens is 1. The standard InChI is InChI=1S/C22H35N7.HI/c1-5-23-22(24-16-21(26(2)3)20-15-25-27(4)18-20)29-13-11-28(12-14-29)17-19-9-7-6-8-10-19;/h6-10,15,18,21H,5,11-14,16-17H2,1-4H3,(H,23,24);1H. The number of nitrogens with one attached hydrogen (secondary N) is 1. The molecule has 1 fully saturated rings. The summed E-state index contributed by atoms with van der Waals surface area (Å²) in [5.74, 6) is 1.02. The summed E-state index contributed by atoms with van der Waals surface area (Å²) >= 11 is 0. The molecule has 1 aromatic heterocycles. The Morgan fingerprint density at radius 3 is 2.43 bits per heavy atom. The van der Waals surface area contributed by atoms with Crippen LogP contribution in [0.1, 0.15) is 24.1 Å². The maximum atomic E-state index is 4.99. The number of rotatable bonds is 7. The van der Waals surface area contributed by atoms with Crippen molar-refractivity contribution in [1.82, 2.24) is 29.8 Å². The first-order valence-electron chi connectivity index (χ1n) is 10.5. The molecule has 1 atom stereocenters. The largest absolute Gasteiger partial charge is 0.357 e. The van der Waals surface area contributed by atoms with E-state index in [-0.39, 0.29) is 30.0 Å². The molecule has 1 aromatic carbocycles. The number of guanidine groups is 1. The Morgan fingerprint density at radius 2 is 1.87 bits per heavy atom. The zero-order chi connectivity index (χ0) is 20.6. The highest BCUT2D eigenvalue weighted by Gasteiger charge is 2.21. The van der Waals surface area contributed by atoms with Gasteiger partial charge >= 0.3 is 0 Å². The predicted octanol–water partition coefficient (Wildman–Crippen LogP) is 2.42. The Bertz CT molecular complexity index is 767. The summed E-state index contributed by atoms with van der Waals surface area (Å²) in [5, 5.41) is 7.81. The molecule has 3 rings (SSSR count). The van der Waals surface area contributed by atoms with E-state index in [1.165, 1.54) is 11.1 Å². The Morgan fingerprint density at radius 1 is 1.17 bits per heavy atom. The molecule has 1 aliphatic heterocycles. The van der Waals surface area contributed by atoms with Crippen LogP contribution in [0.15, 0.2) is 47.7 Å². The molecule has 1 N–H and O–H groups in total. The number of hydrogen-bond acceptors (Lipinski definition) is 4. The highest BCUT2D eigenvalue weighted by Crippen LogP contribution is 2.18. The Labute approximate surface area is 198 Å². The fourth-order valence-electron chi connectivity index (χ4n) is 3.74. The third-order valence-corrected chi connectivity index (χ3v) is 5.40. The van der Waals surface area contributed by atoms with Gasteiger partial charge in [-0.25, -0.2) is 0 Å². The molecule has 0 radical (unpaired) electrons. The molecule has 7 nitrogen and oxygen atoms in total. The number of aliphatic imine (C=N–C) groups is 1. The van der Waals surface area contributed by atoms with Gasteiger partial charge in [0.25, 0.3) is 0 Å². The van der Waals surface area contributed by atoms with Crippen LogP contribution in [0, 0.1) is 0 Å². The van der Waals surface area contributed by atoms with Gasteiger partial charge in [0.1, 0.15) is 0 Å². The van der Waals surface area contributed by atoms with Crippen molar-refractivity contribution in [2.45, 2.75) is 19.5 Å². The third kappa shape index (κ3) is 6.95. The molecular weight excluding hydrogens is 489 g/mol. The third-order valence-electron chi connectivity index (χ3n) is 5.40. The number of benzene rings is 1. The molecule has 0 aliphatic carbocycles. The molecule has 2 aromatic rings. The minimum atomic E-state index is 0. The van der Waals surface area contributed by atoms with Crippen molar-refractivity contribution in [1.29, 1.82) is 0 Å². The van der Waals surface area contributed by atoms with Crippen molar-refractivity contribution < 1.29 is 0 Å². The van der Waals surface area contributed by atoms with Gasteiger partial charge in [-0.15, -0.1) is 24.0 Å². The van der Waals surface area contributed by atoms with E-state index in [2.05, 4.69) is 82.7 Å². The van der Waals surface area contributed by atoms with Crippen LogP contribution in [0.5, 0.6) is 0 Å². The number of aryl methyl sites for hydroxylation is 1. The van der Waals surface area contributed by atoms with Gasteiger partial charge in [0.2, 0.25) is 0 Å². The number of likely N-dealkylation sites (N-methyl/N-ethyl adjacent to an activating group) is 1. The fourth-order valence-corrected chi connectivity index (χ4v) is 3.74. The smallest absolute Gasteiger partial charge is 0.194 e. The van der Waals surface area contributed by atoms with E-state index in [0.717, 1.165) is 45.2 Å². The van der Waals surface area contributed by atoms with Crippen molar-refractivity contribution >= 4 is 29.9 Å². The lowest BCUT2D eigenvalue weighted by molar-refractivity contribution is 0.172. The maximum Gasteiger partial charge on any atom is 0.194 e. The quantitative estimate of drug-likeness (QED) is 0.342. The molecule has 8 heteroatoms. The lowest BCUT2D eigenvalue weighted by atomic mass is 10.1. The van der Waals surface area contributed by atoms with E-state index in [0.29, 0.717) is 6.54 Å². The molecule has 1 saturated heterocycles. The molecular formula is C22H36IN7. The molecule has 2 heterocycles. The van der Waals surface area contributed by atoms with Gasteiger partial charge in [-0.1, -0.05) is 30.3 Å². The van der Waals surface area contributed by atoms with Crippen LogP contribution >= 0.6 is 24.0 Å². The summed E-state index contributed by atoms with van der Waals surface area (Å²) in [5.41, 5.74) is 2.58. The number of nitrogens with zero attached hydrogens (tertiary/aromatic N) is 6. The predicted molar refractivity (Wildman–Crippen MR) is 134 cm³/mol. The minimum Gasteiger partial charge on any atom is -0.357 e. The van der Waals surface area contributed by atoms with Gasteiger partial charge in [0, 0.05) is 58.1 Å². The fraction of sp³-hybridized carbons (Fsp3) is 0.545. The molecule has 0 bridgehead atoms. The topological polar surface area (TPSA) is 51.9 Å². The Kier molecular flexibility index (Phi) is 10.1. The maximum absolute atomic E-state index is 4.99. The number of aromatic nitrogens is 2. The second kappa shape index (κ2) is 12.3. The van der Waals surface area contributed by atoms with Gasteiger partial charge in [-0.2, -0.15) is 5.10 Å². The van der Waals surface area contributed by atoms with Gasteiger partial charge in [-0.3, -0.25) is 14.6 Å². The van der Waals surface area contributed by atoms with Crippen LogP contribution < -0.4 is 5.32 Å². The number of hydrogen-bond donors (Lipinski definition) is 1. The van der Waals surface area contributed by atoms with Gasteiger partial charge < -0.3 is 15.1 Å². The summed E-state index contributed by atoms with van der Waals surface area (Å²) in [6.45, 7) is 8.85. The highest BCUT2D eigenvalue weighted by molar-refractivity contribution is 14.0. The lowest BCUT2D eigenvalue weighted by Crippen LogP contribution is -2.52. The summed E-state index contributed by atoms with van der Waals surface area (Å²) in [7, 11) is 6.16. The van der Waals surface area contributed by atoms with E-state index in [9.17, 15) is 0 Å². The van der Waals surface area contributed by atoms with Crippen LogP contribution in [0.25, 0.3) is 0 Å². The van der Waals surface area contributed by atoms with Crippen LogP contribution in [0.2, 0.25) is 0 Å². The van der Waals surface area contributed by atoms with Crippen LogP contribution in [0.3, 0.4) is 0 Å². The summed E-state index contributed by atoms with van der Waals surface area (Å²) in [6.07, 6.45) is 4.02. The van der Waals surface area contributed by atoms with Crippen molar-refractivity contribution in [3.05, 3.63) is 53.9 Å². The molecule has 166 valence electrons. The molecule has 1 unspecified atom stereocenters. The Balaban J connectivity index is 0.00000320. The zero-order valence-electron chi connectivity index (χ0n) is 18.7. The molecule has 0 amide bonds. The minimum absolute atomic E-state index is 0. The summed E-state index contributed by atoms with van der Waals surface area (Å²) < 4.78 is 1.85. The van der Waals surface area contributed by atoms with Crippen molar-refractivity contribution in [2.75, 3.05) is 53.4 Å². The monoisotopic (exact) mass is 525 g/mol. The van der Waals surface area contributed by atoms with E-state index in [1.54, 1.807) is 0 Å². The average molecular weight is 525 g/mol. The van der Waals surface area contributed by atoms with Crippen molar-refractivity contribution in [2.24, 2.45) is 12.0 Å². The first-order chi connectivity index (χ1) is 14.1. The van der Waals surface area contributed by atoms with Crippen molar-refractivity contribution in [3.63, 3.8) is 0 Å². The van der Waals surface area contributed by atoms with Gasteiger partial charge in [0.05, 0.1) is 18.8 Å². The molecule has 30 heavy (non-hydrogen) atoms. The lowest BCUT2D eigenvalue weighted by Gasteiger charge is -2.36. The van der Waals surface area contributed by atoms with Crippen LogP contribution in [-0.4, -0.2) is 83.8 Å². The Hall–Kier alpha value is -1.65. The summed E-state index contributed by atoms with van der Waals surface area (Å²) in [6, 6.07) is 10.9. The first kappa shape index (κ1) is 24.6. The number of piperazine rings is 1. The van der Waals surface area contributed by atoms with E-state index in [4.69, 9.17) is 4.99 Å². The second-order valence-corrected chi connectivity index (χ2v) is 7.87. The zero-order valence-corrected chi connectivity index (χ0v) is 21.0. The SMILES string of the molecule is CCNC(=NCC(c1cnn(C)c1)N(C)C)N1CCN(Cc2ccccc2)CC1.I. The van der Waals surface area contributed by atoms with Gasteiger partial charge in [-0.05, 0) is 26.6 Å². The normalized spacial score (nSPS) is 16.4. The summed E-state index contributed by atoms with van der Waals surface area (Å²) in [4.78, 5) is 12.1. The van der Waals surface area contributed by atoms with Crippen LogP contribution in [-0.2, 0) is 13.6 Å². The average Bonchev–Trinajstić information content (AvgIpc) is 3.14. The molecule has 1 aliphatic rings. The van der Waals surface area contributed by atoms with E-state index >= 15 is 0 Å². The molecule has 0 spiro atoms. The molecule has 0 saturated carbocycles. The van der Waals surface area contributed by atoms with Crippen molar-refractivity contribution in [3.8, 4) is 0 Å². The van der Waals surface area contributed by atoms with E-state index in [1.807, 2.05) is 17.9 Å².